The smallest absolute Gasteiger partial charge is 0.261 e. The molecule has 4 rings (SSSR count). The summed E-state index contributed by atoms with van der Waals surface area (Å²) in [4.78, 5) is 21.9. The Bertz CT molecular complexity index is 1250. The average Bonchev–Trinajstić information content (AvgIpc) is 3.52. The number of nitrogens with zero attached hydrogens (tertiary/aromatic N) is 4. The molecular weight excluding hydrogens is 430 g/mol. The molecule has 0 atom stereocenters. The molecule has 4 aromatic rings. The van der Waals surface area contributed by atoms with Gasteiger partial charge in [0.05, 0.1) is 11.1 Å². The maximum atomic E-state index is 12.5. The zero-order valence-electron chi connectivity index (χ0n) is 19.4. The molecule has 4 heterocycles. The lowest BCUT2D eigenvalue weighted by Gasteiger charge is -2.03. The molecule has 0 spiro atoms. The largest absolute Gasteiger partial charge is 0.351 e. The maximum absolute atomic E-state index is 12.5. The van der Waals surface area contributed by atoms with Crippen molar-refractivity contribution in [1.29, 1.82) is 0 Å². The van der Waals surface area contributed by atoms with Crippen LogP contribution >= 0.6 is 11.3 Å². The Morgan fingerprint density at radius 3 is 2.82 bits per heavy atom. The Labute approximate surface area is 198 Å². The molecule has 0 unspecified atom stereocenters. The van der Waals surface area contributed by atoms with Crippen molar-refractivity contribution in [3.05, 3.63) is 88.8 Å². The van der Waals surface area contributed by atoms with Crippen LogP contribution in [0.3, 0.4) is 0 Å². The molecule has 170 valence electrons. The second kappa shape index (κ2) is 11.9. The summed E-state index contributed by atoms with van der Waals surface area (Å²) in [7, 11) is 0. The van der Waals surface area contributed by atoms with E-state index in [0.717, 1.165) is 39.9 Å². The van der Waals surface area contributed by atoms with Crippen molar-refractivity contribution in [1.82, 2.24) is 24.9 Å². The summed E-state index contributed by atoms with van der Waals surface area (Å²) in [5.41, 5.74) is 5.89. The highest BCUT2D eigenvalue weighted by molar-refractivity contribution is 7.12. The second-order valence-electron chi connectivity index (χ2n) is 7.11. The van der Waals surface area contributed by atoms with E-state index in [1.54, 1.807) is 10.7 Å². The van der Waals surface area contributed by atoms with Crippen LogP contribution in [-0.4, -0.2) is 32.0 Å². The molecule has 0 saturated carbocycles. The molecule has 0 aliphatic heterocycles. The van der Waals surface area contributed by atoms with Crippen LogP contribution in [0.25, 0.3) is 22.3 Å². The number of thiophene rings is 1. The van der Waals surface area contributed by atoms with E-state index in [0.29, 0.717) is 11.4 Å². The van der Waals surface area contributed by atoms with Crippen molar-refractivity contribution >= 4 is 28.5 Å². The van der Waals surface area contributed by atoms with E-state index in [9.17, 15) is 4.79 Å². The minimum Gasteiger partial charge on any atom is -0.351 e. The summed E-state index contributed by atoms with van der Waals surface area (Å²) in [5.74, 6) is -0.0692. The number of fused-ring (bicyclic) bond motifs is 1. The molecule has 0 radical (unpaired) electrons. The van der Waals surface area contributed by atoms with E-state index in [4.69, 9.17) is 0 Å². The molecular formula is C26H29N5OS. The van der Waals surface area contributed by atoms with Crippen LogP contribution in [0, 0.1) is 0 Å². The SMILES string of the molecule is C/C=C\C=C(/C)c1cnn2cc(-c3csc(C(=O)NCCc4cccnc4)c3)cnc12.CC. The van der Waals surface area contributed by atoms with Crippen molar-refractivity contribution in [2.75, 3.05) is 6.54 Å². The fourth-order valence-electron chi connectivity index (χ4n) is 3.19. The Hall–Kier alpha value is -3.58. The van der Waals surface area contributed by atoms with Gasteiger partial charge in [-0.2, -0.15) is 5.10 Å². The summed E-state index contributed by atoms with van der Waals surface area (Å²) in [6, 6.07) is 5.80. The van der Waals surface area contributed by atoms with Gasteiger partial charge in [-0.25, -0.2) is 9.50 Å². The van der Waals surface area contributed by atoms with Crippen molar-refractivity contribution in [3.8, 4) is 11.1 Å². The lowest BCUT2D eigenvalue weighted by atomic mass is 10.1. The van der Waals surface area contributed by atoms with Gasteiger partial charge in [0.25, 0.3) is 5.91 Å². The number of carbonyl (C=O) groups excluding carboxylic acids is 1. The topological polar surface area (TPSA) is 72.2 Å². The van der Waals surface area contributed by atoms with Gasteiger partial charge in [0.15, 0.2) is 5.65 Å². The highest BCUT2D eigenvalue weighted by atomic mass is 32.1. The van der Waals surface area contributed by atoms with Crippen LogP contribution in [0.4, 0.5) is 0 Å². The first kappa shape index (κ1) is 24.1. The standard InChI is InChI=1S/C24H23N5OS.C2H6/c1-3-4-6-17(2)21-14-28-29-15-20(13-27-23(21)29)19-11-22(31-16-19)24(30)26-10-8-18-7-5-9-25-12-18;1-2/h3-7,9,11-16H,8,10H2,1-2H3,(H,26,30);1-2H3/b4-3-,17-6+;. The number of carbonyl (C=O) groups is 1. The quantitative estimate of drug-likeness (QED) is 0.353. The summed E-state index contributed by atoms with van der Waals surface area (Å²) in [5, 5.41) is 9.40. The first-order valence-electron chi connectivity index (χ1n) is 11.0. The van der Waals surface area contributed by atoms with Gasteiger partial charge >= 0.3 is 0 Å². The number of hydrogen-bond donors (Lipinski definition) is 1. The molecule has 0 bridgehead atoms. The summed E-state index contributed by atoms with van der Waals surface area (Å²) < 4.78 is 1.78. The summed E-state index contributed by atoms with van der Waals surface area (Å²) in [6.45, 7) is 8.60. The molecule has 7 heteroatoms. The Morgan fingerprint density at radius 1 is 1.21 bits per heavy atom. The summed E-state index contributed by atoms with van der Waals surface area (Å²) in [6.07, 6.45) is 16.0. The highest BCUT2D eigenvalue weighted by Gasteiger charge is 2.12. The molecule has 4 aromatic heterocycles. The van der Waals surface area contributed by atoms with Gasteiger partial charge in [-0.15, -0.1) is 11.3 Å². The number of pyridine rings is 1. The van der Waals surface area contributed by atoms with Crippen molar-refractivity contribution in [3.63, 3.8) is 0 Å². The number of allylic oxidation sites excluding steroid dienone is 4. The van der Waals surface area contributed by atoms with Gasteiger partial charge in [0.1, 0.15) is 0 Å². The van der Waals surface area contributed by atoms with E-state index in [1.165, 1.54) is 11.3 Å². The number of aromatic nitrogens is 4. The van der Waals surface area contributed by atoms with Gasteiger partial charge in [-0.3, -0.25) is 9.78 Å². The van der Waals surface area contributed by atoms with Crippen LogP contribution in [-0.2, 0) is 6.42 Å². The van der Waals surface area contributed by atoms with E-state index in [-0.39, 0.29) is 5.91 Å². The van der Waals surface area contributed by atoms with Gasteiger partial charge in [-0.1, -0.05) is 38.1 Å². The zero-order valence-corrected chi connectivity index (χ0v) is 20.3. The average molecular weight is 460 g/mol. The van der Waals surface area contributed by atoms with Crippen LogP contribution in [0.1, 0.15) is 48.5 Å². The van der Waals surface area contributed by atoms with Crippen LogP contribution in [0.2, 0.25) is 0 Å². The molecule has 6 nitrogen and oxygen atoms in total. The van der Waals surface area contributed by atoms with Crippen LogP contribution in [0.5, 0.6) is 0 Å². The fourth-order valence-corrected chi connectivity index (χ4v) is 4.02. The van der Waals surface area contributed by atoms with E-state index >= 15 is 0 Å². The van der Waals surface area contributed by atoms with Gasteiger partial charge in [0.2, 0.25) is 0 Å². The highest BCUT2D eigenvalue weighted by Crippen LogP contribution is 2.26. The molecule has 1 N–H and O–H groups in total. The van der Waals surface area contributed by atoms with E-state index < -0.39 is 0 Å². The number of hydrogen-bond acceptors (Lipinski definition) is 5. The van der Waals surface area contributed by atoms with Crippen LogP contribution < -0.4 is 5.32 Å². The van der Waals surface area contributed by atoms with Gasteiger partial charge in [-0.05, 0) is 54.5 Å². The normalized spacial score (nSPS) is 11.5. The molecule has 0 aromatic carbocycles. The third-order valence-corrected chi connectivity index (χ3v) is 5.83. The maximum Gasteiger partial charge on any atom is 0.261 e. The minimum absolute atomic E-state index is 0.0692. The molecule has 1 amide bonds. The lowest BCUT2D eigenvalue weighted by Crippen LogP contribution is -2.24. The predicted octanol–water partition coefficient (Wildman–Crippen LogP) is 5.83. The van der Waals surface area contributed by atoms with Crippen LogP contribution in [0.15, 0.2) is 72.8 Å². The monoisotopic (exact) mass is 459 g/mol. The minimum atomic E-state index is -0.0692. The third-order valence-electron chi connectivity index (χ3n) is 4.90. The van der Waals surface area contributed by atoms with Crippen molar-refractivity contribution in [2.45, 2.75) is 34.1 Å². The molecule has 0 aliphatic carbocycles. The molecule has 0 fully saturated rings. The Balaban J connectivity index is 0.00000149. The third kappa shape index (κ3) is 6.02. The van der Waals surface area contributed by atoms with E-state index in [1.807, 2.05) is 94.3 Å². The predicted molar refractivity (Wildman–Crippen MR) is 136 cm³/mol. The van der Waals surface area contributed by atoms with E-state index in [2.05, 4.69) is 20.4 Å². The Kier molecular flexibility index (Phi) is 8.66. The second-order valence-corrected chi connectivity index (χ2v) is 8.02. The first-order chi connectivity index (χ1) is 16.2. The summed E-state index contributed by atoms with van der Waals surface area (Å²) >= 11 is 1.42. The molecule has 0 aliphatic rings. The zero-order chi connectivity index (χ0) is 23.6. The first-order valence-corrected chi connectivity index (χ1v) is 11.9. The van der Waals surface area contributed by atoms with Gasteiger partial charge in [0, 0.05) is 42.5 Å². The molecule has 33 heavy (non-hydrogen) atoms. The Morgan fingerprint density at radius 2 is 2.06 bits per heavy atom. The lowest BCUT2D eigenvalue weighted by molar-refractivity contribution is 0.0958. The van der Waals surface area contributed by atoms with Gasteiger partial charge < -0.3 is 5.32 Å². The fraction of sp³-hybridized carbons (Fsp3) is 0.231. The van der Waals surface area contributed by atoms with Crippen molar-refractivity contribution < 1.29 is 4.79 Å². The number of rotatable bonds is 7. The number of amides is 1. The molecule has 0 saturated heterocycles. The van der Waals surface area contributed by atoms with Crippen molar-refractivity contribution in [2.24, 2.45) is 0 Å². The number of nitrogens with one attached hydrogen (secondary N) is 1.